The molecule has 0 aliphatic heterocycles. The van der Waals surface area contributed by atoms with E-state index in [9.17, 15) is 9.59 Å². The van der Waals surface area contributed by atoms with Crippen molar-refractivity contribution in [3.05, 3.63) is 28.2 Å². The fraction of sp³-hybridized carbons (Fsp3) is 0.467. The quantitative estimate of drug-likeness (QED) is 0.737. The molecule has 0 aromatic heterocycles. The Balaban J connectivity index is 2.83. The number of anilines is 1. The summed E-state index contributed by atoms with van der Waals surface area (Å²) in [5.41, 5.74) is 6.72. The van der Waals surface area contributed by atoms with E-state index in [-0.39, 0.29) is 18.4 Å². The monoisotopic (exact) mass is 355 g/mol. The van der Waals surface area contributed by atoms with Crippen LogP contribution in [0.2, 0.25) is 0 Å². The van der Waals surface area contributed by atoms with Crippen molar-refractivity contribution in [1.82, 2.24) is 10.2 Å². The van der Waals surface area contributed by atoms with Crippen molar-refractivity contribution >= 4 is 33.4 Å². The molecule has 0 unspecified atom stereocenters. The Morgan fingerprint density at radius 1 is 1.29 bits per heavy atom. The summed E-state index contributed by atoms with van der Waals surface area (Å²) in [6.45, 7) is 5.15. The van der Waals surface area contributed by atoms with Gasteiger partial charge in [0, 0.05) is 23.2 Å². The number of nitrogens with zero attached hydrogens (tertiary/aromatic N) is 1. The number of halogens is 1. The molecule has 3 N–H and O–H groups in total. The number of nitrogens with one attached hydrogen (secondary N) is 1. The summed E-state index contributed by atoms with van der Waals surface area (Å²) in [4.78, 5) is 25.9. The van der Waals surface area contributed by atoms with Crippen LogP contribution >= 0.6 is 15.9 Å². The lowest BCUT2D eigenvalue weighted by atomic mass is 10.1. The summed E-state index contributed by atoms with van der Waals surface area (Å²) in [6.07, 6.45) is 1.65. The molecule has 0 heterocycles. The van der Waals surface area contributed by atoms with Gasteiger partial charge in [0.2, 0.25) is 5.91 Å². The second kappa shape index (κ2) is 8.67. The molecule has 1 aromatic carbocycles. The lowest BCUT2D eigenvalue weighted by molar-refractivity contribution is -0.121. The molecule has 5 nitrogen and oxygen atoms in total. The van der Waals surface area contributed by atoms with Gasteiger partial charge in [-0.2, -0.15) is 0 Å². The zero-order valence-electron chi connectivity index (χ0n) is 12.5. The van der Waals surface area contributed by atoms with Crippen LogP contribution in [0.5, 0.6) is 0 Å². The molecule has 0 bridgehead atoms. The molecule has 0 atom stereocenters. The van der Waals surface area contributed by atoms with E-state index in [1.54, 1.807) is 18.2 Å². The first-order chi connectivity index (χ1) is 9.99. The molecule has 0 aliphatic rings. The number of nitrogens with two attached hydrogens (primary N) is 1. The van der Waals surface area contributed by atoms with Crippen LogP contribution in [0.3, 0.4) is 0 Å². The van der Waals surface area contributed by atoms with Crippen molar-refractivity contribution < 1.29 is 9.59 Å². The molecule has 0 fully saturated rings. The van der Waals surface area contributed by atoms with Crippen molar-refractivity contribution in [2.45, 2.75) is 26.7 Å². The van der Waals surface area contributed by atoms with Crippen LogP contribution in [0.1, 0.15) is 37.0 Å². The SMILES string of the molecule is CCCNC(=O)CN(CCC)C(=O)c1ccc(Br)cc1N. The average Bonchev–Trinajstić information content (AvgIpc) is 2.44. The molecule has 116 valence electrons. The van der Waals surface area contributed by atoms with Gasteiger partial charge in [-0.25, -0.2) is 0 Å². The van der Waals surface area contributed by atoms with Gasteiger partial charge in [-0.05, 0) is 31.0 Å². The molecule has 0 aliphatic carbocycles. The Kier molecular flexibility index (Phi) is 7.22. The fourth-order valence-electron chi connectivity index (χ4n) is 1.91. The van der Waals surface area contributed by atoms with E-state index >= 15 is 0 Å². The van der Waals surface area contributed by atoms with Gasteiger partial charge < -0.3 is 16.0 Å². The van der Waals surface area contributed by atoms with E-state index in [2.05, 4.69) is 21.2 Å². The van der Waals surface area contributed by atoms with Gasteiger partial charge in [-0.1, -0.05) is 29.8 Å². The molecule has 21 heavy (non-hydrogen) atoms. The highest BCUT2D eigenvalue weighted by Crippen LogP contribution is 2.20. The highest BCUT2D eigenvalue weighted by molar-refractivity contribution is 9.10. The standard InChI is InChI=1S/C15H22BrN3O2/c1-3-7-18-14(20)10-19(8-4-2)15(21)12-6-5-11(16)9-13(12)17/h5-6,9H,3-4,7-8,10,17H2,1-2H3,(H,18,20). The second-order valence-corrected chi connectivity index (χ2v) is 5.72. The van der Waals surface area contributed by atoms with Gasteiger partial charge in [-0.3, -0.25) is 9.59 Å². The third kappa shape index (κ3) is 5.38. The van der Waals surface area contributed by atoms with Crippen LogP contribution in [0.25, 0.3) is 0 Å². The molecule has 2 amide bonds. The number of nitrogen functional groups attached to an aromatic ring is 1. The number of carbonyl (C=O) groups is 2. The van der Waals surface area contributed by atoms with Gasteiger partial charge in [0.05, 0.1) is 12.1 Å². The number of amides is 2. The molecular formula is C15H22BrN3O2. The normalized spacial score (nSPS) is 10.2. The van der Waals surface area contributed by atoms with E-state index in [0.717, 1.165) is 17.3 Å². The van der Waals surface area contributed by atoms with Crippen LogP contribution in [0, 0.1) is 0 Å². The minimum Gasteiger partial charge on any atom is -0.398 e. The van der Waals surface area contributed by atoms with E-state index < -0.39 is 0 Å². The van der Waals surface area contributed by atoms with Crippen LogP contribution in [0.15, 0.2) is 22.7 Å². The highest BCUT2D eigenvalue weighted by atomic mass is 79.9. The first-order valence-corrected chi connectivity index (χ1v) is 7.89. The predicted octanol–water partition coefficient (Wildman–Crippen LogP) is 2.41. The Hall–Kier alpha value is -1.56. The van der Waals surface area contributed by atoms with Crippen LogP contribution in [-0.4, -0.2) is 36.3 Å². The Bertz CT molecular complexity index is 506. The summed E-state index contributed by atoms with van der Waals surface area (Å²) in [6, 6.07) is 5.13. The van der Waals surface area contributed by atoms with Gasteiger partial charge in [-0.15, -0.1) is 0 Å². The first kappa shape index (κ1) is 17.5. The summed E-state index contributed by atoms with van der Waals surface area (Å²) in [7, 11) is 0. The molecule has 0 saturated carbocycles. The Morgan fingerprint density at radius 2 is 2.00 bits per heavy atom. The van der Waals surface area contributed by atoms with Gasteiger partial charge in [0.25, 0.3) is 5.91 Å². The van der Waals surface area contributed by atoms with Gasteiger partial charge in [0.15, 0.2) is 0 Å². The number of rotatable bonds is 7. The molecule has 1 rings (SSSR count). The lowest BCUT2D eigenvalue weighted by Gasteiger charge is -2.22. The Morgan fingerprint density at radius 3 is 2.57 bits per heavy atom. The van der Waals surface area contributed by atoms with E-state index in [0.29, 0.717) is 24.3 Å². The summed E-state index contributed by atoms with van der Waals surface area (Å²) in [5.74, 6) is -0.358. The second-order valence-electron chi connectivity index (χ2n) is 4.81. The maximum absolute atomic E-state index is 12.5. The molecule has 0 spiro atoms. The number of hydrogen-bond acceptors (Lipinski definition) is 3. The van der Waals surface area contributed by atoms with Gasteiger partial charge >= 0.3 is 0 Å². The largest absolute Gasteiger partial charge is 0.398 e. The maximum atomic E-state index is 12.5. The smallest absolute Gasteiger partial charge is 0.256 e. The number of hydrogen-bond donors (Lipinski definition) is 2. The third-order valence-electron chi connectivity index (χ3n) is 2.93. The lowest BCUT2D eigenvalue weighted by Crippen LogP contribution is -2.41. The molecule has 0 radical (unpaired) electrons. The topological polar surface area (TPSA) is 75.4 Å². The summed E-state index contributed by atoms with van der Waals surface area (Å²) >= 11 is 3.31. The van der Waals surface area contributed by atoms with Crippen molar-refractivity contribution in [2.24, 2.45) is 0 Å². The summed E-state index contributed by atoms with van der Waals surface area (Å²) < 4.78 is 0.819. The average molecular weight is 356 g/mol. The molecule has 6 heteroatoms. The van der Waals surface area contributed by atoms with Crippen LogP contribution < -0.4 is 11.1 Å². The minimum absolute atomic E-state index is 0.0577. The van der Waals surface area contributed by atoms with E-state index in [1.165, 1.54) is 4.90 Å². The number of benzene rings is 1. The Labute approximate surface area is 134 Å². The van der Waals surface area contributed by atoms with Crippen LogP contribution in [0.4, 0.5) is 5.69 Å². The van der Waals surface area contributed by atoms with Crippen molar-refractivity contribution in [1.29, 1.82) is 0 Å². The molecule has 0 saturated heterocycles. The van der Waals surface area contributed by atoms with Crippen molar-refractivity contribution in [3.8, 4) is 0 Å². The van der Waals surface area contributed by atoms with Crippen LogP contribution in [-0.2, 0) is 4.79 Å². The van der Waals surface area contributed by atoms with E-state index in [1.807, 2.05) is 13.8 Å². The predicted molar refractivity (Wildman–Crippen MR) is 88.0 cm³/mol. The highest BCUT2D eigenvalue weighted by Gasteiger charge is 2.19. The van der Waals surface area contributed by atoms with Crippen molar-refractivity contribution in [3.63, 3.8) is 0 Å². The zero-order valence-corrected chi connectivity index (χ0v) is 14.1. The summed E-state index contributed by atoms with van der Waals surface area (Å²) in [5, 5.41) is 2.78. The van der Waals surface area contributed by atoms with Crippen molar-refractivity contribution in [2.75, 3.05) is 25.4 Å². The zero-order chi connectivity index (χ0) is 15.8. The van der Waals surface area contributed by atoms with Gasteiger partial charge in [0.1, 0.15) is 0 Å². The number of carbonyl (C=O) groups excluding carboxylic acids is 2. The minimum atomic E-state index is -0.214. The first-order valence-electron chi connectivity index (χ1n) is 7.10. The molecular weight excluding hydrogens is 334 g/mol. The molecule has 1 aromatic rings. The maximum Gasteiger partial charge on any atom is 0.256 e. The third-order valence-corrected chi connectivity index (χ3v) is 3.42. The fourth-order valence-corrected chi connectivity index (χ4v) is 2.29. The van der Waals surface area contributed by atoms with E-state index in [4.69, 9.17) is 5.73 Å².